The molecule has 1 amide bonds. The van der Waals surface area contributed by atoms with Crippen molar-refractivity contribution in [3.05, 3.63) is 40.7 Å². The average molecular weight is 323 g/mol. The number of hydrogen-bond donors (Lipinski definition) is 2. The van der Waals surface area contributed by atoms with Crippen LogP contribution in [-0.4, -0.2) is 32.6 Å². The highest BCUT2D eigenvalue weighted by molar-refractivity contribution is 6.30. The van der Waals surface area contributed by atoms with E-state index in [-0.39, 0.29) is 23.9 Å². The predicted molar refractivity (Wildman–Crippen MR) is 84.1 cm³/mol. The molecule has 0 saturated heterocycles. The number of halogens is 1. The summed E-state index contributed by atoms with van der Waals surface area (Å²) in [6.07, 6.45) is 0.880. The van der Waals surface area contributed by atoms with Crippen LogP contribution < -0.4 is 5.32 Å². The van der Waals surface area contributed by atoms with Gasteiger partial charge in [0.2, 0.25) is 0 Å². The Bertz CT molecular complexity index is 637. The smallest absolute Gasteiger partial charge is 0.273 e. The number of benzene rings is 1. The fraction of sp³-hybridized carbons (Fsp3) is 0.400. The van der Waals surface area contributed by atoms with Gasteiger partial charge < -0.3 is 10.4 Å². The van der Waals surface area contributed by atoms with Crippen LogP contribution in [0.2, 0.25) is 5.02 Å². The number of aliphatic hydroxyl groups is 1. The summed E-state index contributed by atoms with van der Waals surface area (Å²) in [6, 6.07) is 6.90. The third kappa shape index (κ3) is 4.05. The SMILES string of the molecule is CC(C)CCNC(=O)c1nn(-c2ccc(Cl)cc2)nc1CO. The zero-order valence-electron chi connectivity index (χ0n) is 12.6. The van der Waals surface area contributed by atoms with E-state index >= 15 is 0 Å². The van der Waals surface area contributed by atoms with Gasteiger partial charge in [0.05, 0.1) is 12.3 Å². The summed E-state index contributed by atoms with van der Waals surface area (Å²) in [7, 11) is 0. The first-order chi connectivity index (χ1) is 10.5. The summed E-state index contributed by atoms with van der Waals surface area (Å²) in [6.45, 7) is 4.39. The summed E-state index contributed by atoms with van der Waals surface area (Å²) in [4.78, 5) is 13.5. The van der Waals surface area contributed by atoms with Crippen LogP contribution in [0.25, 0.3) is 5.69 Å². The monoisotopic (exact) mass is 322 g/mol. The van der Waals surface area contributed by atoms with Crippen molar-refractivity contribution in [3.8, 4) is 5.69 Å². The van der Waals surface area contributed by atoms with Crippen LogP contribution in [0.15, 0.2) is 24.3 Å². The number of amides is 1. The number of rotatable bonds is 6. The highest BCUT2D eigenvalue weighted by Crippen LogP contribution is 2.13. The van der Waals surface area contributed by atoms with E-state index in [1.54, 1.807) is 24.3 Å². The number of nitrogens with one attached hydrogen (secondary N) is 1. The van der Waals surface area contributed by atoms with Gasteiger partial charge >= 0.3 is 0 Å². The molecule has 6 nitrogen and oxygen atoms in total. The predicted octanol–water partition coefficient (Wildman–Crippen LogP) is 2.19. The number of carbonyl (C=O) groups excluding carboxylic acids is 1. The lowest BCUT2D eigenvalue weighted by atomic mass is 10.1. The Morgan fingerprint density at radius 3 is 2.59 bits per heavy atom. The van der Waals surface area contributed by atoms with E-state index in [1.165, 1.54) is 4.80 Å². The third-order valence-corrected chi connectivity index (χ3v) is 3.37. The molecule has 0 atom stereocenters. The number of hydrogen-bond acceptors (Lipinski definition) is 4. The summed E-state index contributed by atoms with van der Waals surface area (Å²) in [5.74, 6) is 0.173. The van der Waals surface area contributed by atoms with Gasteiger partial charge in [0, 0.05) is 11.6 Å². The van der Waals surface area contributed by atoms with E-state index < -0.39 is 0 Å². The number of nitrogens with zero attached hydrogens (tertiary/aromatic N) is 3. The van der Waals surface area contributed by atoms with Crippen molar-refractivity contribution < 1.29 is 9.90 Å². The molecule has 0 aliphatic heterocycles. The molecule has 0 radical (unpaired) electrons. The van der Waals surface area contributed by atoms with Gasteiger partial charge in [-0.2, -0.15) is 4.80 Å². The molecule has 0 saturated carbocycles. The van der Waals surface area contributed by atoms with Crippen LogP contribution in [0.1, 0.15) is 36.5 Å². The third-order valence-electron chi connectivity index (χ3n) is 3.11. The second-order valence-corrected chi connectivity index (χ2v) is 5.79. The van der Waals surface area contributed by atoms with Crippen molar-refractivity contribution in [1.29, 1.82) is 0 Å². The van der Waals surface area contributed by atoms with Gasteiger partial charge in [-0.1, -0.05) is 25.4 Å². The van der Waals surface area contributed by atoms with E-state index in [2.05, 4.69) is 29.4 Å². The van der Waals surface area contributed by atoms with Crippen LogP contribution in [0, 0.1) is 5.92 Å². The van der Waals surface area contributed by atoms with Crippen LogP contribution in [0.5, 0.6) is 0 Å². The average Bonchev–Trinajstić information content (AvgIpc) is 2.91. The molecule has 1 heterocycles. The molecular weight excluding hydrogens is 304 g/mol. The van der Waals surface area contributed by atoms with Crippen molar-refractivity contribution in [2.45, 2.75) is 26.9 Å². The van der Waals surface area contributed by atoms with Crippen molar-refractivity contribution in [1.82, 2.24) is 20.3 Å². The first kappa shape index (κ1) is 16.5. The summed E-state index contributed by atoms with van der Waals surface area (Å²) < 4.78 is 0. The Labute approximate surface area is 134 Å². The van der Waals surface area contributed by atoms with Crippen LogP contribution >= 0.6 is 11.6 Å². The molecule has 1 aromatic heterocycles. The Kier molecular flexibility index (Phi) is 5.51. The van der Waals surface area contributed by atoms with E-state index in [4.69, 9.17) is 11.6 Å². The second-order valence-electron chi connectivity index (χ2n) is 5.36. The van der Waals surface area contributed by atoms with Gasteiger partial charge in [-0.05, 0) is 36.6 Å². The Morgan fingerprint density at radius 1 is 1.32 bits per heavy atom. The maximum Gasteiger partial charge on any atom is 0.273 e. The molecule has 2 N–H and O–H groups in total. The van der Waals surface area contributed by atoms with Crippen LogP contribution in [0.3, 0.4) is 0 Å². The van der Waals surface area contributed by atoms with Crippen molar-refractivity contribution in [2.24, 2.45) is 5.92 Å². The summed E-state index contributed by atoms with van der Waals surface area (Å²) in [5, 5.41) is 21.1. The zero-order valence-corrected chi connectivity index (χ0v) is 13.3. The number of carbonyl (C=O) groups is 1. The largest absolute Gasteiger partial charge is 0.390 e. The van der Waals surface area contributed by atoms with E-state index in [0.29, 0.717) is 23.2 Å². The maximum atomic E-state index is 12.1. The molecule has 0 spiro atoms. The van der Waals surface area contributed by atoms with Gasteiger partial charge in [-0.3, -0.25) is 4.79 Å². The normalized spacial score (nSPS) is 11.0. The molecule has 118 valence electrons. The minimum absolute atomic E-state index is 0.140. The fourth-order valence-electron chi connectivity index (χ4n) is 1.87. The topological polar surface area (TPSA) is 80.0 Å². The van der Waals surface area contributed by atoms with Gasteiger partial charge in [0.15, 0.2) is 5.69 Å². The molecule has 1 aromatic carbocycles. The lowest BCUT2D eigenvalue weighted by molar-refractivity contribution is 0.0943. The molecular formula is C15H19ClN4O2. The van der Waals surface area contributed by atoms with Crippen molar-refractivity contribution >= 4 is 17.5 Å². The van der Waals surface area contributed by atoms with E-state index in [9.17, 15) is 9.90 Å². The lowest BCUT2D eigenvalue weighted by Crippen LogP contribution is -2.26. The van der Waals surface area contributed by atoms with Gasteiger partial charge in [0.1, 0.15) is 5.69 Å². The molecule has 0 aliphatic carbocycles. The molecule has 22 heavy (non-hydrogen) atoms. The standard InChI is InChI=1S/C15H19ClN4O2/c1-10(2)7-8-17-15(22)14-13(9-21)18-20(19-14)12-5-3-11(16)4-6-12/h3-6,10,21H,7-9H2,1-2H3,(H,17,22). The first-order valence-corrected chi connectivity index (χ1v) is 7.50. The summed E-state index contributed by atoms with van der Waals surface area (Å²) >= 11 is 5.84. The second kappa shape index (κ2) is 7.38. The minimum Gasteiger partial charge on any atom is -0.390 e. The number of aliphatic hydroxyl groups excluding tert-OH is 1. The first-order valence-electron chi connectivity index (χ1n) is 7.12. The quantitative estimate of drug-likeness (QED) is 0.854. The molecule has 0 unspecified atom stereocenters. The molecule has 0 bridgehead atoms. The Morgan fingerprint density at radius 2 is 2.00 bits per heavy atom. The molecule has 0 fully saturated rings. The highest BCUT2D eigenvalue weighted by Gasteiger charge is 2.18. The Hall–Kier alpha value is -1.92. The lowest BCUT2D eigenvalue weighted by Gasteiger charge is -2.05. The van der Waals surface area contributed by atoms with E-state index in [1.807, 2.05) is 0 Å². The molecule has 7 heteroatoms. The van der Waals surface area contributed by atoms with Gasteiger partial charge in [-0.25, -0.2) is 0 Å². The van der Waals surface area contributed by atoms with Crippen LogP contribution in [0.4, 0.5) is 0 Å². The highest BCUT2D eigenvalue weighted by atomic mass is 35.5. The Balaban J connectivity index is 2.17. The zero-order chi connectivity index (χ0) is 16.1. The summed E-state index contributed by atoms with van der Waals surface area (Å²) in [5.41, 5.74) is 1.05. The van der Waals surface area contributed by atoms with Crippen molar-refractivity contribution in [3.63, 3.8) is 0 Å². The fourth-order valence-corrected chi connectivity index (χ4v) is 1.99. The minimum atomic E-state index is -0.347. The van der Waals surface area contributed by atoms with E-state index in [0.717, 1.165) is 6.42 Å². The van der Waals surface area contributed by atoms with Gasteiger partial charge in [0.25, 0.3) is 5.91 Å². The number of aromatic nitrogens is 3. The van der Waals surface area contributed by atoms with Crippen LogP contribution in [-0.2, 0) is 6.61 Å². The molecule has 0 aliphatic rings. The molecule has 2 rings (SSSR count). The molecule has 2 aromatic rings. The maximum absolute atomic E-state index is 12.1. The van der Waals surface area contributed by atoms with Gasteiger partial charge in [-0.15, -0.1) is 10.2 Å². The van der Waals surface area contributed by atoms with Crippen molar-refractivity contribution in [2.75, 3.05) is 6.54 Å².